The molecule has 4 aromatic rings. The number of aromatic nitrogens is 2. The van der Waals surface area contributed by atoms with Crippen molar-refractivity contribution in [3.8, 4) is 28.1 Å². The number of fused-ring (bicyclic) bond motifs is 6. The standard InChI is InChI=1S/C49H64N6O8/c1-9-54-40-18-17-32-26-36(40)37(44(54)35-14-12-19-50-42(35)30(4)61-8)27-49(5,6)28-63-48(60)38-15-13-20-55(52-38)46(58)39(24-31-22-33(32)25-34(56)23-31)51-45(57)43(29(2)3)53(7)47(59)41-16-10-11-21-62-41/h12,14,17-19,22-23,25-26,29-30,38-39,41,43,52,56H,9-11,13,15-16,20-21,24,27-28H2,1-8H3,(H,51,57)/t30-,38-,39-,41?,43-/m0/s1. The smallest absolute Gasteiger partial charge is 0.324 e. The number of pyridine rings is 1. The van der Waals surface area contributed by atoms with E-state index in [2.05, 4.69) is 54.3 Å². The number of nitrogens with one attached hydrogen (secondary N) is 2. The van der Waals surface area contributed by atoms with Gasteiger partial charge >= 0.3 is 5.97 Å². The summed E-state index contributed by atoms with van der Waals surface area (Å²) in [6.45, 7) is 13.6. The van der Waals surface area contributed by atoms with Crippen molar-refractivity contribution in [3.63, 3.8) is 0 Å². The van der Waals surface area contributed by atoms with Crippen molar-refractivity contribution in [1.29, 1.82) is 0 Å². The maximum atomic E-state index is 14.6. The second-order valence-electron chi connectivity index (χ2n) is 18.5. The zero-order chi connectivity index (χ0) is 45.2. The van der Waals surface area contributed by atoms with E-state index in [-0.39, 0.29) is 36.7 Å². The summed E-state index contributed by atoms with van der Waals surface area (Å²) in [5.74, 6) is -1.96. The van der Waals surface area contributed by atoms with Crippen molar-refractivity contribution in [1.82, 2.24) is 30.2 Å². The quantitative estimate of drug-likeness (QED) is 0.158. The van der Waals surface area contributed by atoms with Gasteiger partial charge in [0.25, 0.3) is 11.8 Å². The van der Waals surface area contributed by atoms with Gasteiger partial charge < -0.3 is 34.1 Å². The van der Waals surface area contributed by atoms with E-state index < -0.39 is 47.4 Å². The molecule has 7 rings (SSSR count). The molecular weight excluding hydrogens is 801 g/mol. The number of ether oxygens (including phenoxy) is 3. The Balaban J connectivity index is 1.34. The Bertz CT molecular complexity index is 2330. The van der Waals surface area contributed by atoms with E-state index in [1.54, 1.807) is 32.5 Å². The Morgan fingerprint density at radius 1 is 1.06 bits per heavy atom. The van der Waals surface area contributed by atoms with Crippen LogP contribution in [0.15, 0.2) is 54.7 Å². The van der Waals surface area contributed by atoms with Crippen LogP contribution in [0.25, 0.3) is 33.3 Å². The number of aromatic hydroxyl groups is 1. The third kappa shape index (κ3) is 9.78. The highest BCUT2D eigenvalue weighted by Gasteiger charge is 2.39. The third-order valence-corrected chi connectivity index (χ3v) is 12.8. The number of phenols is 1. The van der Waals surface area contributed by atoms with E-state index in [4.69, 9.17) is 19.2 Å². The van der Waals surface area contributed by atoms with Gasteiger partial charge in [0, 0.05) is 68.4 Å². The Labute approximate surface area is 370 Å². The number of hydrogen-bond acceptors (Lipinski definition) is 10. The number of hydrogen-bond donors (Lipinski definition) is 3. The Kier molecular flexibility index (Phi) is 13.9. The van der Waals surface area contributed by atoms with Crippen molar-refractivity contribution < 1.29 is 38.5 Å². The SMILES string of the molecule is CCn1c(-c2cccnc2[C@H](C)OC)c2c3cc(ccc31)-c1cc(O)cc(c1)C[C@H](NC(=O)[C@H](C(C)C)N(C)C(=O)C1CCCCO1)C(=O)N1CCC[C@H](N1)C(=O)OCC(C)(C)C2. The molecule has 2 aromatic carbocycles. The number of esters is 1. The molecule has 0 saturated carbocycles. The predicted octanol–water partition coefficient (Wildman–Crippen LogP) is 6.50. The minimum atomic E-state index is -1.12. The van der Waals surface area contributed by atoms with Crippen LogP contribution in [0.1, 0.15) is 96.6 Å². The van der Waals surface area contributed by atoms with Crippen LogP contribution in [0, 0.1) is 11.3 Å². The molecular formula is C49H64N6O8. The van der Waals surface area contributed by atoms with E-state index >= 15 is 0 Å². The molecule has 0 radical (unpaired) electrons. The molecule has 3 aliphatic heterocycles. The number of carbonyl (C=O) groups excluding carboxylic acids is 4. The average molecular weight is 865 g/mol. The van der Waals surface area contributed by atoms with Crippen molar-refractivity contribution in [3.05, 3.63) is 71.5 Å². The first-order valence-electron chi connectivity index (χ1n) is 22.5. The summed E-state index contributed by atoms with van der Waals surface area (Å²) in [6.07, 6.45) is 4.77. The topological polar surface area (TPSA) is 165 Å². The predicted molar refractivity (Wildman–Crippen MR) is 240 cm³/mol. The number of hydrazine groups is 1. The third-order valence-electron chi connectivity index (χ3n) is 12.8. The Morgan fingerprint density at radius 2 is 1.86 bits per heavy atom. The number of nitrogens with zero attached hydrogens (tertiary/aromatic N) is 4. The number of carbonyl (C=O) groups is 4. The van der Waals surface area contributed by atoms with Gasteiger partial charge in [0.2, 0.25) is 5.91 Å². The summed E-state index contributed by atoms with van der Waals surface area (Å²) < 4.78 is 20.0. The molecule has 3 N–H and O–H groups in total. The van der Waals surface area contributed by atoms with Crippen LogP contribution in [0.3, 0.4) is 0 Å². The lowest BCUT2D eigenvalue weighted by molar-refractivity contribution is -0.155. The number of likely N-dealkylation sites (N-methyl/N-ethyl adjacent to an activating group) is 1. The summed E-state index contributed by atoms with van der Waals surface area (Å²) in [5, 5.41) is 16.7. The van der Waals surface area contributed by atoms with Crippen LogP contribution in [0.4, 0.5) is 0 Å². The monoisotopic (exact) mass is 864 g/mol. The van der Waals surface area contributed by atoms with Crippen LogP contribution in [0.2, 0.25) is 0 Å². The fraction of sp³-hybridized carbons (Fsp3) is 0.531. The lowest BCUT2D eigenvalue weighted by Gasteiger charge is -2.37. The fourth-order valence-corrected chi connectivity index (χ4v) is 9.55. The maximum Gasteiger partial charge on any atom is 0.324 e. The van der Waals surface area contributed by atoms with Crippen LogP contribution < -0.4 is 10.7 Å². The van der Waals surface area contributed by atoms with Crippen LogP contribution in [-0.4, -0.2) is 106 Å². The highest BCUT2D eigenvalue weighted by Crippen LogP contribution is 2.42. The molecule has 5 atom stereocenters. The second-order valence-corrected chi connectivity index (χ2v) is 18.5. The number of cyclic esters (lactones) is 1. The zero-order valence-corrected chi connectivity index (χ0v) is 38.0. The fourth-order valence-electron chi connectivity index (χ4n) is 9.55. The average Bonchev–Trinajstić information content (AvgIpc) is 3.58. The Morgan fingerprint density at radius 3 is 2.57 bits per heavy atom. The first-order valence-corrected chi connectivity index (χ1v) is 22.5. The van der Waals surface area contributed by atoms with E-state index in [1.807, 2.05) is 39.0 Å². The van der Waals surface area contributed by atoms with Crippen molar-refractivity contribution in [2.75, 3.05) is 33.9 Å². The second kappa shape index (κ2) is 19.2. The van der Waals surface area contributed by atoms with Gasteiger partial charge in [-0.1, -0.05) is 39.8 Å². The molecule has 0 spiro atoms. The number of phenolic OH excluding ortho intramolecular Hbond substituents is 1. The van der Waals surface area contributed by atoms with Crippen molar-refractivity contribution in [2.45, 2.75) is 123 Å². The van der Waals surface area contributed by atoms with Gasteiger partial charge in [-0.15, -0.1) is 0 Å². The molecule has 14 heteroatoms. The van der Waals surface area contributed by atoms with Gasteiger partial charge in [-0.05, 0) is 117 Å². The van der Waals surface area contributed by atoms with Crippen LogP contribution in [-0.2, 0) is 52.8 Å². The molecule has 5 heterocycles. The summed E-state index contributed by atoms with van der Waals surface area (Å²) in [5.41, 5.74) is 9.67. The molecule has 63 heavy (non-hydrogen) atoms. The number of amides is 3. The van der Waals surface area contributed by atoms with Crippen molar-refractivity contribution >= 4 is 34.6 Å². The first kappa shape index (κ1) is 45.7. The highest BCUT2D eigenvalue weighted by molar-refractivity contribution is 5.96. The first-order chi connectivity index (χ1) is 30.1. The molecule has 6 bridgehead atoms. The molecule has 2 aromatic heterocycles. The highest BCUT2D eigenvalue weighted by atomic mass is 16.5. The molecule has 2 saturated heterocycles. The maximum absolute atomic E-state index is 14.6. The van der Waals surface area contributed by atoms with Gasteiger partial charge in [-0.2, -0.15) is 0 Å². The summed E-state index contributed by atoms with van der Waals surface area (Å²) >= 11 is 0. The van der Waals surface area contributed by atoms with Gasteiger partial charge in [0.15, 0.2) is 0 Å². The molecule has 338 valence electrons. The Hall–Kier alpha value is -5.31. The lowest BCUT2D eigenvalue weighted by atomic mass is 9.84. The molecule has 3 amide bonds. The van der Waals surface area contributed by atoms with Gasteiger partial charge in [-0.3, -0.25) is 29.2 Å². The molecule has 14 nitrogen and oxygen atoms in total. The van der Waals surface area contributed by atoms with E-state index in [1.165, 1.54) is 9.91 Å². The number of benzene rings is 2. The minimum absolute atomic E-state index is 0.00744. The van der Waals surface area contributed by atoms with E-state index in [0.717, 1.165) is 57.4 Å². The summed E-state index contributed by atoms with van der Waals surface area (Å²) in [7, 11) is 3.28. The summed E-state index contributed by atoms with van der Waals surface area (Å²) in [6, 6.07) is 12.7. The van der Waals surface area contributed by atoms with E-state index in [0.29, 0.717) is 50.9 Å². The molecule has 1 unspecified atom stereocenters. The largest absolute Gasteiger partial charge is 0.508 e. The molecule has 2 fully saturated rings. The zero-order valence-electron chi connectivity index (χ0n) is 38.0. The van der Waals surface area contributed by atoms with Crippen LogP contribution >= 0.6 is 0 Å². The summed E-state index contributed by atoms with van der Waals surface area (Å²) in [4.78, 5) is 62.8. The normalized spacial score (nSPS) is 21.7. The number of aryl methyl sites for hydroxylation is 1. The lowest BCUT2D eigenvalue weighted by Crippen LogP contribution is -2.62. The van der Waals surface area contributed by atoms with Gasteiger partial charge in [0.05, 0.1) is 24.1 Å². The number of methoxy groups -OCH3 is 1. The molecule has 3 aliphatic rings. The van der Waals surface area contributed by atoms with Gasteiger partial charge in [-0.25, -0.2) is 5.43 Å². The van der Waals surface area contributed by atoms with E-state index in [9.17, 15) is 24.3 Å². The minimum Gasteiger partial charge on any atom is -0.508 e. The molecule has 0 aliphatic carbocycles. The van der Waals surface area contributed by atoms with Crippen LogP contribution in [0.5, 0.6) is 5.75 Å². The number of rotatable bonds is 9. The van der Waals surface area contributed by atoms with Crippen molar-refractivity contribution in [2.24, 2.45) is 11.3 Å². The van der Waals surface area contributed by atoms with Gasteiger partial charge in [0.1, 0.15) is 30.0 Å².